The molecule has 102 valence electrons. The first kappa shape index (κ1) is 13.3. The number of methoxy groups -OCH3 is 1. The molecule has 1 aliphatic rings. The van der Waals surface area contributed by atoms with Gasteiger partial charge in [0.05, 0.1) is 7.11 Å². The lowest BCUT2D eigenvalue weighted by molar-refractivity contribution is -0.132. The summed E-state index contributed by atoms with van der Waals surface area (Å²) in [5.41, 5.74) is 0.318. The maximum Gasteiger partial charge on any atom is 0.270 e. The SMILES string of the molecule is COc1ccnc(C(=O)N[C@@H]2CCC(=O)N(C)C2)c1. The molecule has 1 aromatic heterocycles. The zero-order chi connectivity index (χ0) is 13.8. The zero-order valence-electron chi connectivity index (χ0n) is 11.0. The van der Waals surface area contributed by atoms with Crippen molar-refractivity contribution in [1.29, 1.82) is 0 Å². The number of likely N-dealkylation sites (N-methyl/N-ethyl adjacent to an activating group) is 1. The van der Waals surface area contributed by atoms with Gasteiger partial charge in [0.2, 0.25) is 5.91 Å². The molecule has 1 aromatic rings. The lowest BCUT2D eigenvalue weighted by Crippen LogP contribution is -2.48. The Kier molecular flexibility index (Phi) is 3.99. The highest BCUT2D eigenvalue weighted by molar-refractivity contribution is 5.93. The van der Waals surface area contributed by atoms with Crippen molar-refractivity contribution in [2.75, 3.05) is 20.7 Å². The molecule has 6 heteroatoms. The van der Waals surface area contributed by atoms with Crippen LogP contribution < -0.4 is 10.1 Å². The first-order chi connectivity index (χ1) is 9.10. The minimum atomic E-state index is -0.244. The first-order valence-corrected chi connectivity index (χ1v) is 6.15. The number of likely N-dealkylation sites (tertiary alicyclic amines) is 1. The molecule has 1 N–H and O–H groups in total. The van der Waals surface area contributed by atoms with Crippen LogP contribution in [0.3, 0.4) is 0 Å². The highest BCUT2D eigenvalue weighted by Crippen LogP contribution is 2.12. The normalized spacial score (nSPS) is 19.2. The number of rotatable bonds is 3. The molecule has 0 radical (unpaired) electrons. The van der Waals surface area contributed by atoms with Crippen LogP contribution in [0.2, 0.25) is 0 Å². The topological polar surface area (TPSA) is 71.5 Å². The average Bonchev–Trinajstić information content (AvgIpc) is 2.43. The number of nitrogens with one attached hydrogen (secondary N) is 1. The first-order valence-electron chi connectivity index (χ1n) is 6.15. The van der Waals surface area contributed by atoms with Gasteiger partial charge in [0.1, 0.15) is 11.4 Å². The van der Waals surface area contributed by atoms with E-state index in [4.69, 9.17) is 4.74 Å². The molecule has 2 heterocycles. The van der Waals surface area contributed by atoms with E-state index in [1.54, 1.807) is 31.2 Å². The lowest BCUT2D eigenvalue weighted by Gasteiger charge is -2.30. The third-order valence-electron chi connectivity index (χ3n) is 3.16. The second-order valence-corrected chi connectivity index (χ2v) is 4.56. The highest BCUT2D eigenvalue weighted by atomic mass is 16.5. The fraction of sp³-hybridized carbons (Fsp3) is 0.462. The monoisotopic (exact) mass is 263 g/mol. The van der Waals surface area contributed by atoms with Crippen molar-refractivity contribution in [2.24, 2.45) is 0 Å². The van der Waals surface area contributed by atoms with Gasteiger partial charge in [0.15, 0.2) is 0 Å². The standard InChI is InChI=1S/C13H17N3O3/c1-16-8-9(3-4-12(16)17)15-13(18)11-7-10(19-2)5-6-14-11/h5-7,9H,3-4,8H2,1-2H3,(H,15,18)/t9-/m1/s1. The predicted molar refractivity (Wildman–Crippen MR) is 68.9 cm³/mol. The van der Waals surface area contributed by atoms with E-state index in [0.717, 1.165) is 0 Å². The molecule has 1 atom stereocenters. The number of nitrogens with zero attached hydrogens (tertiary/aromatic N) is 2. The Morgan fingerprint density at radius 3 is 3.05 bits per heavy atom. The zero-order valence-corrected chi connectivity index (χ0v) is 11.0. The molecule has 0 unspecified atom stereocenters. The van der Waals surface area contributed by atoms with Gasteiger partial charge < -0.3 is 15.0 Å². The molecule has 2 rings (SSSR count). The predicted octanol–water partition coefficient (Wildman–Crippen LogP) is 0.441. The van der Waals surface area contributed by atoms with Crippen LogP contribution in [0, 0.1) is 0 Å². The molecule has 0 aromatic carbocycles. The Morgan fingerprint density at radius 2 is 2.37 bits per heavy atom. The van der Waals surface area contributed by atoms with E-state index in [1.807, 2.05) is 0 Å². The summed E-state index contributed by atoms with van der Waals surface area (Å²) in [6.45, 7) is 0.536. The summed E-state index contributed by atoms with van der Waals surface area (Å²) in [6, 6.07) is 3.25. The fourth-order valence-electron chi connectivity index (χ4n) is 2.05. The van der Waals surface area contributed by atoms with E-state index in [0.29, 0.717) is 30.8 Å². The van der Waals surface area contributed by atoms with Crippen molar-refractivity contribution in [3.05, 3.63) is 24.0 Å². The molecule has 0 bridgehead atoms. The Bertz CT molecular complexity index is 490. The summed E-state index contributed by atoms with van der Waals surface area (Å²) in [7, 11) is 3.28. The van der Waals surface area contributed by atoms with Crippen LogP contribution in [0.5, 0.6) is 5.75 Å². The van der Waals surface area contributed by atoms with Crippen molar-refractivity contribution in [3.8, 4) is 5.75 Å². The number of carbonyl (C=O) groups excluding carboxylic acids is 2. The van der Waals surface area contributed by atoms with Gasteiger partial charge in [-0.1, -0.05) is 0 Å². The Morgan fingerprint density at radius 1 is 1.58 bits per heavy atom. The lowest BCUT2D eigenvalue weighted by atomic mass is 10.1. The second kappa shape index (κ2) is 5.69. The second-order valence-electron chi connectivity index (χ2n) is 4.56. The maximum atomic E-state index is 12.0. The summed E-state index contributed by atoms with van der Waals surface area (Å²) in [4.78, 5) is 29.0. The van der Waals surface area contributed by atoms with Crippen LogP contribution in [0.1, 0.15) is 23.3 Å². The van der Waals surface area contributed by atoms with Crippen molar-refractivity contribution in [2.45, 2.75) is 18.9 Å². The molecule has 1 aliphatic heterocycles. The number of hydrogen-bond acceptors (Lipinski definition) is 4. The van der Waals surface area contributed by atoms with Gasteiger partial charge in [-0.25, -0.2) is 0 Å². The fourth-order valence-corrected chi connectivity index (χ4v) is 2.05. The number of pyridine rings is 1. The molecule has 0 spiro atoms. The van der Waals surface area contributed by atoms with Crippen molar-refractivity contribution in [1.82, 2.24) is 15.2 Å². The number of amides is 2. The molecule has 19 heavy (non-hydrogen) atoms. The van der Waals surface area contributed by atoms with Crippen LogP contribution in [-0.2, 0) is 4.79 Å². The average molecular weight is 263 g/mol. The van der Waals surface area contributed by atoms with E-state index < -0.39 is 0 Å². The Hall–Kier alpha value is -2.11. The summed E-state index contributed by atoms with van der Waals surface area (Å²) >= 11 is 0. The molecule has 1 saturated heterocycles. The summed E-state index contributed by atoms with van der Waals surface area (Å²) < 4.78 is 5.05. The van der Waals surface area contributed by atoms with Crippen LogP contribution in [0.4, 0.5) is 0 Å². The summed E-state index contributed by atoms with van der Waals surface area (Å²) in [5, 5.41) is 2.89. The Balaban J connectivity index is 1.99. The van der Waals surface area contributed by atoms with Gasteiger partial charge in [-0.3, -0.25) is 14.6 Å². The molecular formula is C13H17N3O3. The van der Waals surface area contributed by atoms with Crippen molar-refractivity contribution >= 4 is 11.8 Å². The number of piperidine rings is 1. The maximum absolute atomic E-state index is 12.0. The number of ether oxygens (including phenoxy) is 1. The molecular weight excluding hydrogens is 246 g/mol. The molecule has 0 saturated carbocycles. The van der Waals surface area contributed by atoms with Crippen LogP contribution in [-0.4, -0.2) is 48.4 Å². The summed E-state index contributed by atoms with van der Waals surface area (Å²) in [6.07, 6.45) is 2.66. The third kappa shape index (κ3) is 3.21. The molecule has 6 nitrogen and oxygen atoms in total. The van der Waals surface area contributed by atoms with Gasteiger partial charge in [-0.15, -0.1) is 0 Å². The quantitative estimate of drug-likeness (QED) is 0.859. The van der Waals surface area contributed by atoms with Crippen LogP contribution in [0.15, 0.2) is 18.3 Å². The van der Waals surface area contributed by atoms with E-state index in [2.05, 4.69) is 10.3 Å². The van der Waals surface area contributed by atoms with Gasteiger partial charge in [-0.2, -0.15) is 0 Å². The number of hydrogen-bond donors (Lipinski definition) is 1. The smallest absolute Gasteiger partial charge is 0.270 e. The van der Waals surface area contributed by atoms with Gasteiger partial charge in [0, 0.05) is 38.3 Å². The van der Waals surface area contributed by atoms with Crippen molar-refractivity contribution in [3.63, 3.8) is 0 Å². The third-order valence-corrected chi connectivity index (χ3v) is 3.16. The molecule has 1 fully saturated rings. The number of aromatic nitrogens is 1. The Labute approximate surface area is 111 Å². The number of carbonyl (C=O) groups is 2. The minimum absolute atomic E-state index is 0.0248. The molecule has 2 amide bonds. The van der Waals surface area contributed by atoms with Crippen LogP contribution >= 0.6 is 0 Å². The van der Waals surface area contributed by atoms with Gasteiger partial charge in [0.25, 0.3) is 5.91 Å². The highest BCUT2D eigenvalue weighted by Gasteiger charge is 2.24. The van der Waals surface area contributed by atoms with Crippen LogP contribution in [0.25, 0.3) is 0 Å². The minimum Gasteiger partial charge on any atom is -0.497 e. The summed E-state index contributed by atoms with van der Waals surface area (Å²) in [5.74, 6) is 0.466. The van der Waals surface area contributed by atoms with Gasteiger partial charge in [-0.05, 0) is 12.5 Å². The largest absolute Gasteiger partial charge is 0.497 e. The van der Waals surface area contributed by atoms with E-state index >= 15 is 0 Å². The van der Waals surface area contributed by atoms with E-state index in [1.165, 1.54) is 6.20 Å². The van der Waals surface area contributed by atoms with E-state index in [9.17, 15) is 9.59 Å². The van der Waals surface area contributed by atoms with Gasteiger partial charge >= 0.3 is 0 Å². The van der Waals surface area contributed by atoms with E-state index in [-0.39, 0.29) is 17.9 Å². The molecule has 0 aliphatic carbocycles. The van der Waals surface area contributed by atoms with Crippen molar-refractivity contribution < 1.29 is 14.3 Å².